The number of hydrogen-bond donors (Lipinski definition) is 1. The van der Waals surface area contributed by atoms with E-state index >= 15 is 0 Å². The number of guanidine groups is 1. The number of rotatable bonds is 4. The number of nitrogens with zero attached hydrogens (tertiary/aromatic N) is 3. The minimum Gasteiger partial charge on any atom is -0.347 e. The van der Waals surface area contributed by atoms with Crippen LogP contribution in [-0.2, 0) is 17.8 Å². The van der Waals surface area contributed by atoms with Crippen molar-refractivity contribution in [2.75, 3.05) is 32.1 Å². The fraction of sp³-hybridized carbons (Fsp3) is 0.333. The molecule has 1 N–H and O–H groups in total. The van der Waals surface area contributed by atoms with Gasteiger partial charge in [0.1, 0.15) is 0 Å². The van der Waals surface area contributed by atoms with Gasteiger partial charge in [0.25, 0.3) is 0 Å². The summed E-state index contributed by atoms with van der Waals surface area (Å²) in [5, 5.41) is 3.20. The Hall–Kier alpha value is -2.09. The van der Waals surface area contributed by atoms with Crippen molar-refractivity contribution in [1.82, 2.24) is 10.2 Å². The molecule has 0 fully saturated rings. The number of benzene rings is 2. The summed E-state index contributed by atoms with van der Waals surface area (Å²) in [6, 6.07) is 16.4. The summed E-state index contributed by atoms with van der Waals surface area (Å²) >= 11 is 0. The van der Waals surface area contributed by atoms with Crippen molar-refractivity contribution in [3.8, 4) is 0 Å². The van der Waals surface area contributed by atoms with Crippen LogP contribution in [0.3, 0.4) is 0 Å². The van der Waals surface area contributed by atoms with Gasteiger partial charge in [-0.25, -0.2) is 0 Å². The third-order valence-electron chi connectivity index (χ3n) is 4.83. The first kappa shape index (κ1) is 21.2. The highest BCUT2D eigenvalue weighted by atomic mass is 127. The molecule has 2 aromatic rings. The van der Waals surface area contributed by atoms with Gasteiger partial charge in [-0.3, -0.25) is 9.79 Å². The lowest BCUT2D eigenvalue weighted by atomic mass is 10.1. The largest absolute Gasteiger partial charge is 0.347 e. The van der Waals surface area contributed by atoms with Crippen LogP contribution in [0.2, 0.25) is 0 Å². The third kappa shape index (κ3) is 5.00. The summed E-state index contributed by atoms with van der Waals surface area (Å²) < 4.78 is 0. The van der Waals surface area contributed by atoms with Gasteiger partial charge < -0.3 is 15.1 Å². The second kappa shape index (κ2) is 9.73. The van der Waals surface area contributed by atoms with Crippen LogP contribution >= 0.6 is 24.0 Å². The lowest BCUT2D eigenvalue weighted by Crippen LogP contribution is -2.44. The summed E-state index contributed by atoms with van der Waals surface area (Å²) in [4.78, 5) is 20.9. The Morgan fingerprint density at radius 2 is 1.89 bits per heavy atom. The Morgan fingerprint density at radius 3 is 2.63 bits per heavy atom. The number of aryl methyl sites for hydroxylation is 1. The molecule has 144 valence electrons. The molecule has 3 rings (SSSR count). The molecule has 0 saturated heterocycles. The lowest BCUT2D eigenvalue weighted by Gasteiger charge is -2.24. The number of nitrogens with one attached hydrogen (secondary N) is 1. The van der Waals surface area contributed by atoms with Gasteiger partial charge in [-0.15, -0.1) is 24.0 Å². The summed E-state index contributed by atoms with van der Waals surface area (Å²) in [5.74, 6) is 0.787. The molecule has 0 saturated carbocycles. The molecule has 27 heavy (non-hydrogen) atoms. The van der Waals surface area contributed by atoms with Crippen LogP contribution in [0.15, 0.2) is 53.5 Å². The van der Waals surface area contributed by atoms with E-state index in [-0.39, 0.29) is 36.4 Å². The van der Waals surface area contributed by atoms with Crippen LogP contribution in [0, 0.1) is 6.92 Å². The van der Waals surface area contributed by atoms with Crippen molar-refractivity contribution < 1.29 is 4.79 Å². The second-order valence-corrected chi connectivity index (χ2v) is 6.61. The number of anilines is 1. The number of para-hydroxylation sites is 1. The Balaban J connectivity index is 0.00000261. The fourth-order valence-corrected chi connectivity index (χ4v) is 3.35. The molecule has 0 atom stereocenters. The predicted octanol–water partition coefficient (Wildman–Crippen LogP) is 3.21. The summed E-state index contributed by atoms with van der Waals surface area (Å²) in [7, 11) is 3.73. The molecule has 0 unspecified atom stereocenters. The molecule has 6 heteroatoms. The van der Waals surface area contributed by atoms with E-state index in [9.17, 15) is 4.79 Å². The molecule has 1 amide bonds. The van der Waals surface area contributed by atoms with Gasteiger partial charge in [0.15, 0.2) is 5.96 Å². The van der Waals surface area contributed by atoms with Crippen molar-refractivity contribution in [1.29, 1.82) is 0 Å². The Bertz CT molecular complexity index is 821. The normalized spacial score (nSPS) is 13.0. The number of aliphatic imine (C=N–C) groups is 1. The number of fused-ring (bicyclic) bond motifs is 1. The Kier molecular flexibility index (Phi) is 7.65. The number of carbonyl (C=O) groups is 1. The average Bonchev–Trinajstić information content (AvgIpc) is 3.08. The number of hydrogen-bond acceptors (Lipinski definition) is 2. The number of halogens is 1. The number of carbonyl (C=O) groups excluding carboxylic acids is 1. The van der Waals surface area contributed by atoms with Gasteiger partial charge in [0, 0.05) is 32.9 Å². The number of amides is 1. The Labute approximate surface area is 178 Å². The van der Waals surface area contributed by atoms with E-state index in [1.54, 1.807) is 7.05 Å². The monoisotopic (exact) mass is 478 g/mol. The van der Waals surface area contributed by atoms with Crippen molar-refractivity contribution in [3.63, 3.8) is 0 Å². The molecular weight excluding hydrogens is 451 g/mol. The third-order valence-corrected chi connectivity index (χ3v) is 4.83. The summed E-state index contributed by atoms with van der Waals surface area (Å²) in [6.45, 7) is 3.83. The summed E-state index contributed by atoms with van der Waals surface area (Å²) in [5.41, 5.74) is 4.77. The van der Waals surface area contributed by atoms with Crippen LogP contribution in [0.1, 0.15) is 16.7 Å². The first-order chi connectivity index (χ1) is 12.6. The van der Waals surface area contributed by atoms with Crippen LogP contribution in [-0.4, -0.2) is 44.0 Å². The quantitative estimate of drug-likeness (QED) is 0.417. The van der Waals surface area contributed by atoms with Gasteiger partial charge in [-0.2, -0.15) is 0 Å². The molecule has 2 aromatic carbocycles. The predicted molar refractivity (Wildman–Crippen MR) is 122 cm³/mol. The van der Waals surface area contributed by atoms with E-state index in [0.717, 1.165) is 25.2 Å². The van der Waals surface area contributed by atoms with Crippen molar-refractivity contribution in [2.45, 2.75) is 19.9 Å². The fourth-order valence-electron chi connectivity index (χ4n) is 3.35. The van der Waals surface area contributed by atoms with E-state index in [1.165, 1.54) is 16.7 Å². The van der Waals surface area contributed by atoms with E-state index < -0.39 is 0 Å². The molecule has 0 bridgehead atoms. The SMILES string of the molecule is CN=C(NCC(=O)N1CCc2ccccc21)N(C)Cc1ccccc1C.I. The molecule has 0 radical (unpaired) electrons. The van der Waals surface area contributed by atoms with Crippen LogP contribution < -0.4 is 10.2 Å². The van der Waals surface area contributed by atoms with Crippen molar-refractivity contribution >= 4 is 41.5 Å². The van der Waals surface area contributed by atoms with Crippen LogP contribution in [0.5, 0.6) is 0 Å². The van der Waals surface area contributed by atoms with Gasteiger partial charge in [0.05, 0.1) is 6.54 Å². The van der Waals surface area contributed by atoms with Gasteiger partial charge in [-0.05, 0) is 36.1 Å². The van der Waals surface area contributed by atoms with Crippen molar-refractivity contribution in [2.24, 2.45) is 4.99 Å². The maximum Gasteiger partial charge on any atom is 0.246 e. The van der Waals surface area contributed by atoms with Gasteiger partial charge in [0.2, 0.25) is 5.91 Å². The van der Waals surface area contributed by atoms with Crippen LogP contribution in [0.25, 0.3) is 0 Å². The topological polar surface area (TPSA) is 47.9 Å². The molecule has 1 heterocycles. The van der Waals surface area contributed by atoms with Crippen LogP contribution in [0.4, 0.5) is 5.69 Å². The highest BCUT2D eigenvalue weighted by molar-refractivity contribution is 14.0. The molecule has 0 aromatic heterocycles. The zero-order valence-electron chi connectivity index (χ0n) is 16.1. The maximum absolute atomic E-state index is 12.7. The first-order valence-corrected chi connectivity index (χ1v) is 8.94. The minimum absolute atomic E-state index is 0. The smallest absolute Gasteiger partial charge is 0.246 e. The van der Waals surface area contributed by atoms with E-state index in [2.05, 4.69) is 35.4 Å². The highest BCUT2D eigenvalue weighted by Crippen LogP contribution is 2.27. The van der Waals surface area contributed by atoms with Crippen molar-refractivity contribution in [3.05, 3.63) is 65.2 Å². The highest BCUT2D eigenvalue weighted by Gasteiger charge is 2.24. The first-order valence-electron chi connectivity index (χ1n) is 8.94. The maximum atomic E-state index is 12.7. The molecule has 0 spiro atoms. The second-order valence-electron chi connectivity index (χ2n) is 6.61. The minimum atomic E-state index is 0. The van der Waals surface area contributed by atoms with Gasteiger partial charge >= 0.3 is 0 Å². The molecule has 0 aliphatic carbocycles. The standard InChI is InChI=1S/C21H26N4O.HI/c1-16-8-4-5-10-18(16)15-24(3)21(22-2)23-14-20(26)25-13-12-17-9-6-7-11-19(17)25;/h4-11H,12-15H2,1-3H3,(H,22,23);1H. The van der Waals surface area contributed by atoms with E-state index in [1.807, 2.05) is 47.2 Å². The molecule has 5 nitrogen and oxygen atoms in total. The molecule has 1 aliphatic rings. The molecular formula is C21H27IN4O. The Morgan fingerprint density at radius 1 is 1.19 bits per heavy atom. The molecule has 1 aliphatic heterocycles. The lowest BCUT2D eigenvalue weighted by molar-refractivity contribution is -0.117. The zero-order valence-corrected chi connectivity index (χ0v) is 18.4. The van der Waals surface area contributed by atoms with Gasteiger partial charge in [-0.1, -0.05) is 42.5 Å². The average molecular weight is 478 g/mol. The van der Waals surface area contributed by atoms with E-state index in [4.69, 9.17) is 0 Å². The zero-order chi connectivity index (χ0) is 18.5. The summed E-state index contributed by atoms with van der Waals surface area (Å²) in [6.07, 6.45) is 0.920. The van der Waals surface area contributed by atoms with E-state index in [0.29, 0.717) is 5.96 Å².